The van der Waals surface area contributed by atoms with Crippen LogP contribution in [-0.2, 0) is 11.2 Å². The van der Waals surface area contributed by atoms with Crippen LogP contribution in [0.4, 0.5) is 0 Å². The molecule has 1 saturated carbocycles. The highest BCUT2D eigenvalue weighted by Crippen LogP contribution is 2.28. The minimum atomic E-state index is 0.181. The number of carbonyl (C=O) groups excluding carboxylic acids is 1. The highest BCUT2D eigenvalue weighted by molar-refractivity contribution is 5.81. The number of aromatic nitrogens is 1. The fraction of sp³-hybridized carbons (Fsp3) is 0.588. The van der Waals surface area contributed by atoms with Crippen LogP contribution in [0, 0.1) is 12.8 Å². The number of aliphatic imine (C=N–C) groups is 1. The van der Waals surface area contributed by atoms with Crippen molar-refractivity contribution in [2.45, 2.75) is 33.1 Å². The Hall–Kier alpha value is -2.11. The van der Waals surface area contributed by atoms with E-state index in [0.29, 0.717) is 19.6 Å². The molecular weight excluding hydrogens is 290 g/mol. The molecule has 6 heteroatoms. The van der Waals surface area contributed by atoms with Crippen molar-refractivity contribution in [1.82, 2.24) is 20.9 Å². The van der Waals surface area contributed by atoms with Crippen LogP contribution in [0.1, 0.15) is 31.0 Å². The number of hydrogen-bond donors (Lipinski definition) is 3. The molecule has 3 N–H and O–H groups in total. The van der Waals surface area contributed by atoms with Gasteiger partial charge in [-0.2, -0.15) is 0 Å². The molecule has 0 radical (unpaired) electrons. The summed E-state index contributed by atoms with van der Waals surface area (Å²) in [6.07, 6.45) is 4.84. The molecule has 0 bridgehead atoms. The quantitative estimate of drug-likeness (QED) is 0.380. The van der Waals surface area contributed by atoms with E-state index in [-0.39, 0.29) is 11.8 Å². The zero-order valence-corrected chi connectivity index (χ0v) is 14.1. The smallest absolute Gasteiger partial charge is 0.223 e. The number of carbonyl (C=O) groups is 1. The molecule has 0 unspecified atom stereocenters. The molecule has 1 amide bonds. The highest BCUT2D eigenvalue weighted by Gasteiger charge is 2.28. The Morgan fingerprint density at radius 3 is 2.70 bits per heavy atom. The van der Waals surface area contributed by atoms with Gasteiger partial charge < -0.3 is 16.0 Å². The molecule has 1 heterocycles. The molecule has 1 aromatic heterocycles. The second-order valence-electron chi connectivity index (χ2n) is 5.81. The number of nitrogens with zero attached hydrogens (tertiary/aromatic N) is 2. The summed E-state index contributed by atoms with van der Waals surface area (Å²) in [7, 11) is 0. The minimum Gasteiger partial charge on any atom is -0.357 e. The number of nitrogens with one attached hydrogen (secondary N) is 3. The third-order valence-electron chi connectivity index (χ3n) is 3.65. The summed E-state index contributed by atoms with van der Waals surface area (Å²) < 4.78 is 0. The summed E-state index contributed by atoms with van der Waals surface area (Å²) in [6.45, 7) is 6.84. The molecule has 6 nitrogen and oxygen atoms in total. The van der Waals surface area contributed by atoms with E-state index in [2.05, 4.69) is 32.0 Å². The van der Waals surface area contributed by atoms with Crippen molar-refractivity contribution >= 4 is 11.9 Å². The van der Waals surface area contributed by atoms with Crippen LogP contribution in [0.5, 0.6) is 0 Å². The Morgan fingerprint density at radius 1 is 1.26 bits per heavy atom. The van der Waals surface area contributed by atoms with E-state index in [0.717, 1.165) is 37.5 Å². The topological polar surface area (TPSA) is 78.4 Å². The number of pyridine rings is 1. The fourth-order valence-corrected chi connectivity index (χ4v) is 2.14. The van der Waals surface area contributed by atoms with Crippen molar-refractivity contribution in [1.29, 1.82) is 0 Å². The molecule has 0 atom stereocenters. The maximum Gasteiger partial charge on any atom is 0.223 e. The van der Waals surface area contributed by atoms with Crippen molar-refractivity contribution in [2.75, 3.05) is 26.2 Å². The Morgan fingerprint density at radius 2 is 2.04 bits per heavy atom. The SMILES string of the molecule is CCNC(=NCCc1ccc(C)nc1)NCCNC(=O)C1CC1. The van der Waals surface area contributed by atoms with Gasteiger partial charge in [-0.05, 0) is 44.7 Å². The molecule has 0 aliphatic heterocycles. The number of amides is 1. The molecule has 23 heavy (non-hydrogen) atoms. The van der Waals surface area contributed by atoms with Crippen LogP contribution in [0.15, 0.2) is 23.3 Å². The molecule has 1 aliphatic carbocycles. The summed E-state index contributed by atoms with van der Waals surface area (Å²) in [5.74, 6) is 1.23. The van der Waals surface area contributed by atoms with Gasteiger partial charge in [0.2, 0.25) is 5.91 Å². The molecule has 1 aromatic rings. The van der Waals surface area contributed by atoms with E-state index in [1.807, 2.05) is 26.1 Å². The zero-order valence-electron chi connectivity index (χ0n) is 14.1. The first-order chi connectivity index (χ1) is 11.2. The van der Waals surface area contributed by atoms with Gasteiger partial charge in [0.1, 0.15) is 0 Å². The van der Waals surface area contributed by atoms with Crippen LogP contribution in [0.2, 0.25) is 0 Å². The normalized spacial score (nSPS) is 14.4. The Bertz CT molecular complexity index is 522. The first kappa shape index (κ1) is 17.2. The van der Waals surface area contributed by atoms with Gasteiger partial charge >= 0.3 is 0 Å². The second-order valence-corrected chi connectivity index (χ2v) is 5.81. The first-order valence-electron chi connectivity index (χ1n) is 8.40. The summed E-state index contributed by atoms with van der Waals surface area (Å²) in [5.41, 5.74) is 2.22. The lowest BCUT2D eigenvalue weighted by Crippen LogP contribution is -2.41. The average Bonchev–Trinajstić information content (AvgIpc) is 3.38. The summed E-state index contributed by atoms with van der Waals surface area (Å²) in [5, 5.41) is 9.39. The largest absolute Gasteiger partial charge is 0.357 e. The lowest BCUT2D eigenvalue weighted by molar-refractivity contribution is -0.122. The van der Waals surface area contributed by atoms with E-state index in [1.165, 1.54) is 5.56 Å². The number of rotatable bonds is 8. The maximum absolute atomic E-state index is 11.5. The van der Waals surface area contributed by atoms with Gasteiger partial charge in [-0.1, -0.05) is 6.07 Å². The van der Waals surface area contributed by atoms with Crippen molar-refractivity contribution < 1.29 is 4.79 Å². The minimum absolute atomic E-state index is 0.181. The van der Waals surface area contributed by atoms with E-state index < -0.39 is 0 Å². The summed E-state index contributed by atoms with van der Waals surface area (Å²) in [4.78, 5) is 20.4. The molecular formula is C17H27N5O. The molecule has 0 spiro atoms. The van der Waals surface area contributed by atoms with Crippen molar-refractivity contribution in [3.05, 3.63) is 29.6 Å². The van der Waals surface area contributed by atoms with Crippen molar-refractivity contribution in [3.8, 4) is 0 Å². The van der Waals surface area contributed by atoms with E-state index in [4.69, 9.17) is 0 Å². The van der Waals surface area contributed by atoms with Gasteiger partial charge in [0, 0.05) is 44.0 Å². The van der Waals surface area contributed by atoms with Gasteiger partial charge in [0.05, 0.1) is 0 Å². The van der Waals surface area contributed by atoms with Crippen LogP contribution in [0.3, 0.4) is 0 Å². The predicted octanol–water partition coefficient (Wildman–Crippen LogP) is 1.01. The lowest BCUT2D eigenvalue weighted by atomic mass is 10.2. The Balaban J connectivity index is 1.68. The second kappa shape index (κ2) is 9.12. The Kier molecular flexibility index (Phi) is 6.84. The van der Waals surface area contributed by atoms with E-state index in [1.54, 1.807) is 0 Å². The fourth-order valence-electron chi connectivity index (χ4n) is 2.14. The van der Waals surface area contributed by atoms with Crippen LogP contribution in [-0.4, -0.2) is 43.0 Å². The number of aryl methyl sites for hydroxylation is 1. The van der Waals surface area contributed by atoms with Crippen LogP contribution < -0.4 is 16.0 Å². The van der Waals surface area contributed by atoms with Crippen molar-refractivity contribution in [2.24, 2.45) is 10.9 Å². The molecule has 1 fully saturated rings. The number of hydrogen-bond acceptors (Lipinski definition) is 3. The van der Waals surface area contributed by atoms with Gasteiger partial charge in [0.15, 0.2) is 5.96 Å². The van der Waals surface area contributed by atoms with Crippen molar-refractivity contribution in [3.63, 3.8) is 0 Å². The third-order valence-corrected chi connectivity index (χ3v) is 3.65. The van der Waals surface area contributed by atoms with Crippen LogP contribution >= 0.6 is 0 Å². The highest BCUT2D eigenvalue weighted by atomic mass is 16.2. The standard InChI is InChI=1S/C17H27N5O/c1-3-18-17(21-11-10-19-16(23)15-6-7-15)20-9-8-14-5-4-13(2)22-12-14/h4-5,12,15H,3,6-11H2,1-2H3,(H,19,23)(H2,18,20,21). The molecule has 0 saturated heterocycles. The zero-order chi connectivity index (χ0) is 16.5. The lowest BCUT2D eigenvalue weighted by Gasteiger charge is -2.11. The molecule has 1 aliphatic rings. The monoisotopic (exact) mass is 317 g/mol. The molecule has 2 rings (SSSR count). The average molecular weight is 317 g/mol. The van der Waals surface area contributed by atoms with Gasteiger partial charge in [-0.3, -0.25) is 14.8 Å². The van der Waals surface area contributed by atoms with Gasteiger partial charge in [0.25, 0.3) is 0 Å². The molecule has 126 valence electrons. The van der Waals surface area contributed by atoms with Crippen LogP contribution in [0.25, 0.3) is 0 Å². The first-order valence-corrected chi connectivity index (χ1v) is 8.40. The van der Waals surface area contributed by atoms with Gasteiger partial charge in [-0.15, -0.1) is 0 Å². The maximum atomic E-state index is 11.5. The molecule has 0 aromatic carbocycles. The number of guanidine groups is 1. The summed E-state index contributed by atoms with van der Waals surface area (Å²) in [6, 6.07) is 4.11. The summed E-state index contributed by atoms with van der Waals surface area (Å²) >= 11 is 0. The van der Waals surface area contributed by atoms with E-state index in [9.17, 15) is 4.79 Å². The van der Waals surface area contributed by atoms with E-state index >= 15 is 0 Å². The Labute approximate surface area is 138 Å². The predicted molar refractivity (Wildman–Crippen MR) is 92.4 cm³/mol. The third kappa shape index (κ3) is 6.67. The van der Waals surface area contributed by atoms with Gasteiger partial charge in [-0.25, -0.2) is 0 Å².